The smallest absolute Gasteiger partial charge is 0.257 e. The zero-order chi connectivity index (χ0) is 20.5. The lowest BCUT2D eigenvalue weighted by Crippen LogP contribution is -2.37. The Morgan fingerprint density at radius 3 is 2.38 bits per heavy atom. The second-order valence-electron chi connectivity index (χ2n) is 8.67. The van der Waals surface area contributed by atoms with Gasteiger partial charge in [0, 0.05) is 12.0 Å². The molecule has 2 aromatic rings. The molecule has 2 aliphatic rings. The molecule has 1 unspecified atom stereocenters. The van der Waals surface area contributed by atoms with Crippen LogP contribution in [-0.2, 0) is 4.79 Å². The average molecular weight is 390 g/mol. The molecule has 2 aromatic carbocycles. The van der Waals surface area contributed by atoms with E-state index in [2.05, 4.69) is 69.0 Å². The molecule has 0 spiro atoms. The molecule has 0 saturated carbocycles. The highest BCUT2D eigenvalue weighted by Crippen LogP contribution is 2.35. The van der Waals surface area contributed by atoms with Gasteiger partial charge in [-0.25, -0.2) is 5.01 Å². The van der Waals surface area contributed by atoms with E-state index in [-0.39, 0.29) is 11.9 Å². The molecule has 1 fully saturated rings. The first kappa shape index (κ1) is 19.8. The van der Waals surface area contributed by atoms with Crippen LogP contribution < -0.4 is 0 Å². The number of hydrazone groups is 1. The minimum Gasteiger partial charge on any atom is -0.294 e. The maximum absolute atomic E-state index is 13.3. The van der Waals surface area contributed by atoms with Crippen molar-refractivity contribution in [2.24, 2.45) is 5.10 Å². The number of carbonyl (C=O) groups is 1. The van der Waals surface area contributed by atoms with Gasteiger partial charge in [0.1, 0.15) is 0 Å². The second-order valence-corrected chi connectivity index (χ2v) is 8.67. The van der Waals surface area contributed by atoms with Gasteiger partial charge >= 0.3 is 0 Å². The fourth-order valence-electron chi connectivity index (χ4n) is 4.61. The summed E-state index contributed by atoms with van der Waals surface area (Å²) >= 11 is 0. The molecule has 0 aliphatic carbocycles. The van der Waals surface area contributed by atoms with Crippen molar-refractivity contribution in [1.82, 2.24) is 9.91 Å². The van der Waals surface area contributed by atoms with E-state index in [0.717, 1.165) is 30.8 Å². The number of likely N-dealkylation sites (tertiary alicyclic amines) is 1. The lowest BCUT2D eigenvalue weighted by atomic mass is 9.92. The van der Waals surface area contributed by atoms with E-state index in [1.807, 2.05) is 0 Å². The average Bonchev–Trinajstić information content (AvgIpc) is 3.33. The van der Waals surface area contributed by atoms with E-state index in [1.165, 1.54) is 40.7 Å². The molecule has 0 N–H and O–H groups in total. The van der Waals surface area contributed by atoms with E-state index in [4.69, 9.17) is 5.10 Å². The standard InChI is InChI=1S/C25H31N3O/c1-17-8-10-21(20(4)13-17)23-15-24(22-14-18(2)7-9-19(22)3)28(26-23)25(29)16-27-11-5-6-12-27/h7-10,13-14,24H,5-6,11-12,15-16H2,1-4H3. The molecule has 2 aliphatic heterocycles. The summed E-state index contributed by atoms with van der Waals surface area (Å²) in [5.41, 5.74) is 8.29. The molecule has 1 saturated heterocycles. The Bertz CT molecular complexity index is 957. The van der Waals surface area contributed by atoms with Crippen LogP contribution in [0.25, 0.3) is 0 Å². The van der Waals surface area contributed by atoms with Gasteiger partial charge in [-0.05, 0) is 70.3 Å². The van der Waals surface area contributed by atoms with E-state index < -0.39 is 0 Å². The zero-order valence-electron chi connectivity index (χ0n) is 18.0. The molecule has 4 heteroatoms. The molecule has 4 nitrogen and oxygen atoms in total. The Morgan fingerprint density at radius 2 is 1.66 bits per heavy atom. The summed E-state index contributed by atoms with van der Waals surface area (Å²) in [4.78, 5) is 15.5. The summed E-state index contributed by atoms with van der Waals surface area (Å²) in [6.45, 7) is 11.0. The van der Waals surface area contributed by atoms with Crippen LogP contribution in [0.1, 0.15) is 58.7 Å². The lowest BCUT2D eigenvalue weighted by molar-refractivity contribution is -0.134. The van der Waals surface area contributed by atoms with Crippen molar-refractivity contribution in [3.8, 4) is 0 Å². The number of hydrogen-bond donors (Lipinski definition) is 0. The molecule has 2 heterocycles. The topological polar surface area (TPSA) is 35.9 Å². The lowest BCUT2D eigenvalue weighted by Gasteiger charge is -2.25. The zero-order valence-corrected chi connectivity index (χ0v) is 18.0. The predicted octanol–water partition coefficient (Wildman–Crippen LogP) is 4.69. The molecule has 1 atom stereocenters. The first-order valence-electron chi connectivity index (χ1n) is 10.7. The highest BCUT2D eigenvalue weighted by Gasteiger charge is 2.35. The summed E-state index contributed by atoms with van der Waals surface area (Å²) in [7, 11) is 0. The van der Waals surface area contributed by atoms with Gasteiger partial charge in [-0.15, -0.1) is 0 Å². The van der Waals surface area contributed by atoms with Crippen molar-refractivity contribution in [3.05, 3.63) is 69.8 Å². The van der Waals surface area contributed by atoms with Crippen molar-refractivity contribution in [2.45, 2.75) is 53.0 Å². The first-order chi connectivity index (χ1) is 13.9. The molecule has 0 bridgehead atoms. The quantitative estimate of drug-likeness (QED) is 0.760. The maximum atomic E-state index is 13.3. The highest BCUT2D eigenvalue weighted by atomic mass is 16.2. The number of rotatable bonds is 4. The predicted molar refractivity (Wildman–Crippen MR) is 118 cm³/mol. The van der Waals surface area contributed by atoms with Gasteiger partial charge in [0.15, 0.2) is 0 Å². The monoisotopic (exact) mass is 389 g/mol. The fraction of sp³-hybridized carbons (Fsp3) is 0.440. The van der Waals surface area contributed by atoms with Gasteiger partial charge in [-0.1, -0.05) is 47.5 Å². The van der Waals surface area contributed by atoms with Crippen LogP contribution in [-0.4, -0.2) is 41.2 Å². The number of benzene rings is 2. The molecular weight excluding hydrogens is 358 g/mol. The minimum atomic E-state index is -0.0271. The Balaban J connectivity index is 1.69. The van der Waals surface area contributed by atoms with Crippen molar-refractivity contribution in [3.63, 3.8) is 0 Å². The molecule has 0 radical (unpaired) electrons. The first-order valence-corrected chi connectivity index (χ1v) is 10.7. The van der Waals surface area contributed by atoms with Gasteiger partial charge in [0.25, 0.3) is 5.91 Å². The van der Waals surface area contributed by atoms with E-state index in [0.29, 0.717) is 6.54 Å². The van der Waals surface area contributed by atoms with Gasteiger partial charge in [-0.3, -0.25) is 9.69 Å². The maximum Gasteiger partial charge on any atom is 0.257 e. The van der Waals surface area contributed by atoms with Gasteiger partial charge in [0.05, 0.1) is 18.3 Å². The van der Waals surface area contributed by atoms with Gasteiger partial charge < -0.3 is 0 Å². The summed E-state index contributed by atoms with van der Waals surface area (Å²) in [6.07, 6.45) is 3.13. The molecule has 4 rings (SSSR count). The SMILES string of the molecule is Cc1ccc(C2=NN(C(=O)CN3CCCC3)C(c3cc(C)ccc3C)C2)c(C)c1. The molecule has 29 heavy (non-hydrogen) atoms. The third-order valence-electron chi connectivity index (χ3n) is 6.21. The third kappa shape index (κ3) is 4.13. The van der Waals surface area contributed by atoms with Crippen molar-refractivity contribution in [1.29, 1.82) is 0 Å². The molecule has 152 valence electrons. The van der Waals surface area contributed by atoms with Crippen LogP contribution in [0.2, 0.25) is 0 Å². The third-order valence-corrected chi connectivity index (χ3v) is 6.21. The molecule has 0 aromatic heterocycles. The van der Waals surface area contributed by atoms with E-state index in [1.54, 1.807) is 5.01 Å². The van der Waals surface area contributed by atoms with Crippen LogP contribution in [0.3, 0.4) is 0 Å². The second kappa shape index (κ2) is 8.11. The van der Waals surface area contributed by atoms with E-state index >= 15 is 0 Å². The van der Waals surface area contributed by atoms with Gasteiger partial charge in [0.2, 0.25) is 0 Å². The number of nitrogens with zero attached hydrogens (tertiary/aromatic N) is 3. The van der Waals surface area contributed by atoms with Crippen molar-refractivity contribution in [2.75, 3.05) is 19.6 Å². The van der Waals surface area contributed by atoms with Crippen molar-refractivity contribution >= 4 is 11.6 Å². The van der Waals surface area contributed by atoms with Crippen LogP contribution in [0.5, 0.6) is 0 Å². The highest BCUT2D eigenvalue weighted by molar-refractivity contribution is 6.04. The molecule has 1 amide bonds. The summed E-state index contributed by atoms with van der Waals surface area (Å²) in [6, 6.07) is 13.0. The van der Waals surface area contributed by atoms with Crippen LogP contribution in [0.4, 0.5) is 0 Å². The van der Waals surface area contributed by atoms with Crippen LogP contribution in [0, 0.1) is 27.7 Å². The Kier molecular flexibility index (Phi) is 5.55. The fourth-order valence-corrected chi connectivity index (χ4v) is 4.61. The van der Waals surface area contributed by atoms with Crippen molar-refractivity contribution < 1.29 is 4.79 Å². The number of carbonyl (C=O) groups excluding carboxylic acids is 1. The Hall–Kier alpha value is -2.46. The van der Waals surface area contributed by atoms with Crippen LogP contribution in [0.15, 0.2) is 41.5 Å². The summed E-state index contributed by atoms with van der Waals surface area (Å²) in [5.74, 6) is 0.109. The largest absolute Gasteiger partial charge is 0.294 e. The van der Waals surface area contributed by atoms with E-state index in [9.17, 15) is 4.79 Å². The molecular formula is C25H31N3O. The number of amides is 1. The summed E-state index contributed by atoms with van der Waals surface area (Å²) < 4.78 is 0. The number of aryl methyl sites for hydroxylation is 4. The van der Waals surface area contributed by atoms with Crippen LogP contribution >= 0.6 is 0 Å². The normalized spacial score (nSPS) is 19.7. The Morgan fingerprint density at radius 1 is 0.966 bits per heavy atom. The number of hydrogen-bond acceptors (Lipinski definition) is 3. The Labute approximate surface area is 174 Å². The minimum absolute atomic E-state index is 0.0271. The van der Waals surface area contributed by atoms with Gasteiger partial charge in [-0.2, -0.15) is 5.10 Å². The summed E-state index contributed by atoms with van der Waals surface area (Å²) in [5, 5.41) is 6.67.